The molecule has 1 amide bonds. The molecule has 2 unspecified atom stereocenters. The molecule has 0 spiro atoms. The molecule has 1 aromatic rings. The lowest BCUT2D eigenvalue weighted by Gasteiger charge is -2.38. The van der Waals surface area contributed by atoms with Crippen LogP contribution in [0.1, 0.15) is 47.7 Å². The third kappa shape index (κ3) is 2.47. The van der Waals surface area contributed by atoms with Crippen LogP contribution < -0.4 is 5.73 Å². The topological polar surface area (TPSA) is 46.3 Å². The van der Waals surface area contributed by atoms with Crippen LogP contribution in [0.3, 0.4) is 0 Å². The standard InChI is InChI=1S/C17H24N2O/c1-12-7-8-19(16(9-12)11-18)17(20)15-6-5-13-3-2-4-14(13)10-15/h5-6,10,12,16H,2-4,7-9,11,18H2,1H3. The first kappa shape index (κ1) is 13.6. The van der Waals surface area contributed by atoms with Crippen molar-refractivity contribution in [3.8, 4) is 0 Å². The lowest BCUT2D eigenvalue weighted by molar-refractivity contribution is 0.0573. The molecule has 0 saturated carbocycles. The zero-order chi connectivity index (χ0) is 14.1. The van der Waals surface area contributed by atoms with Crippen LogP contribution in [-0.4, -0.2) is 29.9 Å². The Bertz CT molecular complexity index is 512. The molecule has 3 nitrogen and oxygen atoms in total. The van der Waals surface area contributed by atoms with E-state index in [0.29, 0.717) is 12.5 Å². The Kier molecular flexibility index (Phi) is 3.79. The third-order valence-electron chi connectivity index (χ3n) is 4.86. The van der Waals surface area contributed by atoms with E-state index in [2.05, 4.69) is 19.1 Å². The highest BCUT2D eigenvalue weighted by Gasteiger charge is 2.29. The van der Waals surface area contributed by atoms with Crippen LogP contribution in [0.5, 0.6) is 0 Å². The molecule has 3 heteroatoms. The second-order valence-electron chi connectivity index (χ2n) is 6.35. The van der Waals surface area contributed by atoms with Gasteiger partial charge in [0.1, 0.15) is 0 Å². The average Bonchev–Trinajstić information content (AvgIpc) is 2.93. The minimum atomic E-state index is 0.169. The highest BCUT2D eigenvalue weighted by Crippen LogP contribution is 2.26. The summed E-state index contributed by atoms with van der Waals surface area (Å²) in [5, 5.41) is 0. The van der Waals surface area contributed by atoms with Crippen molar-refractivity contribution < 1.29 is 4.79 Å². The van der Waals surface area contributed by atoms with Gasteiger partial charge >= 0.3 is 0 Å². The number of piperidine rings is 1. The summed E-state index contributed by atoms with van der Waals surface area (Å²) in [5.74, 6) is 0.842. The Hall–Kier alpha value is -1.35. The van der Waals surface area contributed by atoms with E-state index in [1.807, 2.05) is 11.0 Å². The number of hydrogen-bond acceptors (Lipinski definition) is 2. The fourth-order valence-corrected chi connectivity index (χ4v) is 3.61. The number of fused-ring (bicyclic) bond motifs is 1. The van der Waals surface area contributed by atoms with Gasteiger partial charge in [-0.1, -0.05) is 13.0 Å². The van der Waals surface area contributed by atoms with Crippen LogP contribution in [0, 0.1) is 5.92 Å². The number of aryl methyl sites for hydroxylation is 2. The Morgan fingerprint density at radius 1 is 1.35 bits per heavy atom. The number of carbonyl (C=O) groups is 1. The van der Waals surface area contributed by atoms with E-state index in [9.17, 15) is 4.79 Å². The number of rotatable bonds is 2. The number of nitrogens with two attached hydrogens (primary N) is 1. The molecule has 3 rings (SSSR count). The van der Waals surface area contributed by atoms with E-state index in [4.69, 9.17) is 5.73 Å². The van der Waals surface area contributed by atoms with Crippen molar-refractivity contribution in [2.75, 3.05) is 13.1 Å². The Morgan fingerprint density at radius 2 is 2.15 bits per heavy atom. The van der Waals surface area contributed by atoms with Crippen molar-refractivity contribution in [3.63, 3.8) is 0 Å². The maximum atomic E-state index is 12.7. The van der Waals surface area contributed by atoms with Crippen molar-refractivity contribution in [1.29, 1.82) is 0 Å². The van der Waals surface area contributed by atoms with Gasteiger partial charge in [-0.05, 0) is 61.3 Å². The van der Waals surface area contributed by atoms with E-state index < -0.39 is 0 Å². The number of benzene rings is 1. The monoisotopic (exact) mass is 272 g/mol. The number of hydrogen-bond donors (Lipinski definition) is 1. The summed E-state index contributed by atoms with van der Waals surface area (Å²) < 4.78 is 0. The summed E-state index contributed by atoms with van der Waals surface area (Å²) in [6.45, 7) is 3.67. The first-order chi connectivity index (χ1) is 9.69. The summed E-state index contributed by atoms with van der Waals surface area (Å²) in [6, 6.07) is 6.45. The number of nitrogens with zero attached hydrogens (tertiary/aromatic N) is 1. The van der Waals surface area contributed by atoms with E-state index in [-0.39, 0.29) is 11.9 Å². The fourth-order valence-electron chi connectivity index (χ4n) is 3.61. The normalized spacial score (nSPS) is 25.6. The van der Waals surface area contributed by atoms with Crippen LogP contribution >= 0.6 is 0 Å². The quantitative estimate of drug-likeness (QED) is 0.898. The minimum absolute atomic E-state index is 0.169. The zero-order valence-corrected chi connectivity index (χ0v) is 12.3. The van der Waals surface area contributed by atoms with Crippen molar-refractivity contribution in [3.05, 3.63) is 34.9 Å². The molecule has 2 atom stereocenters. The van der Waals surface area contributed by atoms with Crippen molar-refractivity contribution in [2.45, 2.75) is 45.1 Å². The van der Waals surface area contributed by atoms with Gasteiger partial charge in [0.05, 0.1) is 0 Å². The maximum Gasteiger partial charge on any atom is 0.254 e. The predicted molar refractivity (Wildman–Crippen MR) is 80.7 cm³/mol. The molecule has 0 aromatic heterocycles. The molecule has 1 aliphatic heterocycles. The molecule has 1 heterocycles. The van der Waals surface area contributed by atoms with Crippen molar-refractivity contribution in [1.82, 2.24) is 4.90 Å². The van der Waals surface area contributed by atoms with Crippen molar-refractivity contribution >= 4 is 5.91 Å². The first-order valence-corrected chi connectivity index (χ1v) is 7.82. The molecular formula is C17H24N2O. The van der Waals surface area contributed by atoms with E-state index in [0.717, 1.165) is 37.8 Å². The van der Waals surface area contributed by atoms with Gasteiger partial charge in [0, 0.05) is 24.7 Å². The summed E-state index contributed by atoms with van der Waals surface area (Å²) >= 11 is 0. The molecule has 2 aliphatic rings. The Balaban J connectivity index is 1.81. The minimum Gasteiger partial charge on any atom is -0.334 e. The lowest BCUT2D eigenvalue weighted by atomic mass is 9.91. The summed E-state index contributed by atoms with van der Waals surface area (Å²) in [6.07, 6.45) is 5.63. The Morgan fingerprint density at radius 3 is 2.95 bits per heavy atom. The molecule has 1 aliphatic carbocycles. The molecule has 0 radical (unpaired) electrons. The molecule has 2 N–H and O–H groups in total. The number of carbonyl (C=O) groups excluding carboxylic acids is 1. The summed E-state index contributed by atoms with van der Waals surface area (Å²) in [4.78, 5) is 14.7. The summed E-state index contributed by atoms with van der Waals surface area (Å²) in [5.41, 5.74) is 9.50. The van der Waals surface area contributed by atoms with E-state index >= 15 is 0 Å². The largest absolute Gasteiger partial charge is 0.334 e. The smallest absolute Gasteiger partial charge is 0.254 e. The molecule has 108 valence electrons. The molecule has 0 bridgehead atoms. The second-order valence-corrected chi connectivity index (χ2v) is 6.35. The summed E-state index contributed by atoms with van der Waals surface area (Å²) in [7, 11) is 0. The van der Waals surface area contributed by atoms with E-state index in [1.54, 1.807) is 0 Å². The molecule has 1 saturated heterocycles. The average molecular weight is 272 g/mol. The molecular weight excluding hydrogens is 248 g/mol. The van der Waals surface area contributed by atoms with Crippen LogP contribution in [0.15, 0.2) is 18.2 Å². The van der Waals surface area contributed by atoms with Gasteiger partial charge in [0.15, 0.2) is 0 Å². The number of likely N-dealkylation sites (tertiary alicyclic amines) is 1. The highest BCUT2D eigenvalue weighted by atomic mass is 16.2. The zero-order valence-electron chi connectivity index (χ0n) is 12.3. The van der Waals surface area contributed by atoms with Gasteiger partial charge in [-0.15, -0.1) is 0 Å². The second kappa shape index (κ2) is 5.57. The van der Waals surface area contributed by atoms with Crippen LogP contribution in [-0.2, 0) is 12.8 Å². The van der Waals surface area contributed by atoms with Crippen LogP contribution in [0.2, 0.25) is 0 Å². The third-order valence-corrected chi connectivity index (χ3v) is 4.86. The molecule has 1 aromatic carbocycles. The van der Waals surface area contributed by atoms with Gasteiger partial charge in [0.25, 0.3) is 5.91 Å². The van der Waals surface area contributed by atoms with Gasteiger partial charge in [-0.2, -0.15) is 0 Å². The van der Waals surface area contributed by atoms with Gasteiger partial charge in [-0.3, -0.25) is 4.79 Å². The van der Waals surface area contributed by atoms with E-state index in [1.165, 1.54) is 17.5 Å². The van der Waals surface area contributed by atoms with Gasteiger partial charge in [-0.25, -0.2) is 0 Å². The van der Waals surface area contributed by atoms with Gasteiger partial charge < -0.3 is 10.6 Å². The Labute approximate surface area is 121 Å². The first-order valence-electron chi connectivity index (χ1n) is 7.82. The van der Waals surface area contributed by atoms with Crippen molar-refractivity contribution in [2.24, 2.45) is 11.7 Å². The highest BCUT2D eigenvalue weighted by molar-refractivity contribution is 5.94. The van der Waals surface area contributed by atoms with Crippen LogP contribution in [0.25, 0.3) is 0 Å². The lowest BCUT2D eigenvalue weighted by Crippen LogP contribution is -2.49. The number of amides is 1. The SMILES string of the molecule is CC1CCN(C(=O)c2ccc3c(c2)CCC3)C(CN)C1. The van der Waals surface area contributed by atoms with Crippen LogP contribution in [0.4, 0.5) is 0 Å². The predicted octanol–water partition coefficient (Wildman–Crippen LogP) is 2.37. The molecule has 20 heavy (non-hydrogen) atoms. The van der Waals surface area contributed by atoms with Gasteiger partial charge in [0.2, 0.25) is 0 Å². The maximum absolute atomic E-state index is 12.7. The fraction of sp³-hybridized carbons (Fsp3) is 0.588. The molecule has 1 fully saturated rings.